The van der Waals surface area contributed by atoms with Crippen LogP contribution in [0.4, 0.5) is 4.79 Å². The van der Waals surface area contributed by atoms with Gasteiger partial charge in [0.05, 0.1) is 6.54 Å². The molecule has 2 aliphatic heterocycles. The van der Waals surface area contributed by atoms with Gasteiger partial charge in [-0.1, -0.05) is 13.8 Å². The number of urea groups is 1. The monoisotopic (exact) mass is 297 g/mol. The van der Waals surface area contributed by atoms with Crippen molar-refractivity contribution in [1.29, 1.82) is 0 Å². The topological polar surface area (TPSA) is 56.0 Å². The fourth-order valence-corrected chi connectivity index (χ4v) is 2.98. The number of amides is 3. The quantitative estimate of drug-likeness (QED) is 0.732. The molecule has 20 heavy (non-hydrogen) atoms. The largest absolute Gasteiger partial charge is 0.357 e. The van der Waals surface area contributed by atoms with Crippen LogP contribution in [0.5, 0.6) is 0 Å². The molecule has 0 bridgehead atoms. The van der Waals surface area contributed by atoms with E-state index in [-0.39, 0.29) is 11.9 Å². The molecule has 2 rings (SSSR count). The maximum absolute atomic E-state index is 12.4. The Kier molecular flexibility index (Phi) is 4.17. The summed E-state index contributed by atoms with van der Waals surface area (Å²) in [7, 11) is 3.19. The lowest BCUT2D eigenvalue weighted by Gasteiger charge is -2.30. The normalized spacial score (nSPS) is 22.9. The number of nitrogens with zero attached hydrogens (tertiary/aromatic N) is 4. The second kappa shape index (κ2) is 5.55. The van der Waals surface area contributed by atoms with E-state index in [1.807, 2.05) is 10.8 Å². The number of hydrogen-bond acceptors (Lipinski definition) is 4. The van der Waals surface area contributed by atoms with E-state index in [4.69, 9.17) is 0 Å². The number of aliphatic imine (C=N–C) groups is 1. The number of imide groups is 1. The first-order valence-electron chi connectivity index (χ1n) is 6.70. The summed E-state index contributed by atoms with van der Waals surface area (Å²) in [5, 5.41) is 0.814. The first-order chi connectivity index (χ1) is 9.38. The van der Waals surface area contributed by atoms with Gasteiger partial charge >= 0.3 is 11.2 Å². The smallest absolute Gasteiger partial charge is 0.269 e. The van der Waals surface area contributed by atoms with Crippen LogP contribution in [0.1, 0.15) is 20.3 Å². The third kappa shape index (κ3) is 2.34. The lowest BCUT2D eigenvalue weighted by Crippen LogP contribution is -2.61. The van der Waals surface area contributed by atoms with Crippen molar-refractivity contribution in [2.45, 2.75) is 26.3 Å². The zero-order chi connectivity index (χ0) is 15.0. The molecule has 0 radical (unpaired) electrons. The van der Waals surface area contributed by atoms with Gasteiger partial charge in [0.25, 0.3) is 17.8 Å². The van der Waals surface area contributed by atoms with E-state index in [0.717, 1.165) is 18.1 Å². The summed E-state index contributed by atoms with van der Waals surface area (Å²) in [5.74, 6) is 0.906. The van der Waals surface area contributed by atoms with Gasteiger partial charge in [-0.05, 0) is 35.3 Å². The summed E-state index contributed by atoms with van der Waals surface area (Å²) in [4.78, 5) is 31.5. The van der Waals surface area contributed by atoms with Gasteiger partial charge in [0, 0.05) is 14.1 Å². The Hall–Kier alpha value is -1.37. The fourth-order valence-electron chi connectivity index (χ4n) is 2.36. The van der Waals surface area contributed by atoms with Gasteiger partial charge < -0.3 is 0 Å². The number of likely N-dealkylation sites (N-methyl/N-ethyl adjacent to an activating group) is 2. The molecule has 2 heterocycles. The van der Waals surface area contributed by atoms with Crippen LogP contribution in [-0.2, 0) is 4.79 Å². The molecule has 0 N–H and O–H groups in total. The summed E-state index contributed by atoms with van der Waals surface area (Å²) in [5.41, 5.74) is 0. The number of fused-ring (bicyclic) bond motifs is 1. The molecule has 110 valence electrons. The average molecular weight is 297 g/mol. The number of carbonyl (C=O) groups is 2. The van der Waals surface area contributed by atoms with Crippen molar-refractivity contribution in [3.05, 3.63) is 0 Å². The molecule has 3 amide bonds. The Morgan fingerprint density at radius 2 is 1.95 bits per heavy atom. The summed E-state index contributed by atoms with van der Waals surface area (Å²) in [6.45, 7) is 5.08. The molecular weight excluding hydrogens is 276 g/mol. The maximum Gasteiger partial charge on any atom is 0.357 e. The lowest BCUT2D eigenvalue weighted by atomic mass is 10.1. The van der Waals surface area contributed by atoms with E-state index in [2.05, 4.69) is 18.8 Å². The minimum absolute atomic E-state index is 0.195. The van der Waals surface area contributed by atoms with Crippen LogP contribution in [0.3, 0.4) is 0 Å². The predicted octanol–water partition coefficient (Wildman–Crippen LogP) is 1.07. The number of thioether (sulfide) groups is 1. The second-order valence-electron chi connectivity index (χ2n) is 5.47. The molecule has 0 saturated carbocycles. The van der Waals surface area contributed by atoms with Crippen molar-refractivity contribution < 1.29 is 14.2 Å². The Balaban J connectivity index is 2.34. The highest BCUT2D eigenvalue weighted by molar-refractivity contribution is 8.13. The molecule has 0 spiro atoms. The highest BCUT2D eigenvalue weighted by Gasteiger charge is 2.52. The Bertz CT molecular complexity index is 513. The van der Waals surface area contributed by atoms with Gasteiger partial charge in [0.15, 0.2) is 0 Å². The van der Waals surface area contributed by atoms with Crippen molar-refractivity contribution in [2.75, 3.05) is 26.9 Å². The molecule has 0 aromatic carbocycles. The minimum Gasteiger partial charge on any atom is -0.269 e. The molecule has 1 unspecified atom stereocenters. The molecule has 0 aromatic rings. The number of rotatable bonds is 3. The lowest BCUT2D eigenvalue weighted by molar-refractivity contribution is -0.534. The van der Waals surface area contributed by atoms with E-state index in [9.17, 15) is 9.59 Å². The Labute approximate surface area is 123 Å². The van der Waals surface area contributed by atoms with Gasteiger partial charge in [-0.3, -0.25) is 14.6 Å². The Morgan fingerprint density at radius 1 is 1.30 bits per heavy atom. The summed E-state index contributed by atoms with van der Waals surface area (Å²) in [6, 6.07) is -0.778. The summed E-state index contributed by atoms with van der Waals surface area (Å²) < 4.78 is 2.02. The van der Waals surface area contributed by atoms with Crippen LogP contribution in [-0.4, -0.2) is 70.3 Å². The molecule has 0 aromatic heterocycles. The average Bonchev–Trinajstić information content (AvgIpc) is 2.79. The highest BCUT2D eigenvalue weighted by Crippen LogP contribution is 2.22. The fraction of sp³-hybridized carbons (Fsp3) is 0.692. The minimum atomic E-state index is -0.455. The van der Waals surface area contributed by atoms with E-state index < -0.39 is 6.04 Å². The third-order valence-electron chi connectivity index (χ3n) is 3.62. The van der Waals surface area contributed by atoms with Gasteiger partial charge in [0.1, 0.15) is 0 Å². The van der Waals surface area contributed by atoms with Gasteiger partial charge in [-0.2, -0.15) is 0 Å². The van der Waals surface area contributed by atoms with Crippen molar-refractivity contribution >= 4 is 34.7 Å². The van der Waals surface area contributed by atoms with Crippen LogP contribution < -0.4 is 0 Å². The van der Waals surface area contributed by atoms with Crippen molar-refractivity contribution in [3.8, 4) is 0 Å². The number of amidine groups is 2. The van der Waals surface area contributed by atoms with Gasteiger partial charge in [-0.25, -0.2) is 9.37 Å². The van der Waals surface area contributed by atoms with Crippen molar-refractivity contribution in [1.82, 2.24) is 9.80 Å². The predicted molar refractivity (Wildman–Crippen MR) is 80.3 cm³/mol. The SMILES string of the molecule is CSC1=[N+](CCC(C)C)C2C(=O)N(C)C(=O)N(C)C2=N1. The standard InChI is InChI=1S/C13H21N4O2S/c1-8(2)6-7-17-9-10(14-12(17)20-5)15(3)13(19)16(4)11(9)18/h8-9H,6-7H2,1-5H3/q+1. The number of carbonyl (C=O) groups excluding carboxylic acids is 2. The summed E-state index contributed by atoms with van der Waals surface area (Å²) >= 11 is 1.51. The highest BCUT2D eigenvalue weighted by atomic mass is 32.2. The van der Waals surface area contributed by atoms with E-state index in [1.165, 1.54) is 28.6 Å². The van der Waals surface area contributed by atoms with Crippen LogP contribution in [0.2, 0.25) is 0 Å². The molecule has 7 heteroatoms. The van der Waals surface area contributed by atoms with E-state index in [1.54, 1.807) is 7.05 Å². The molecule has 0 aliphatic carbocycles. The second-order valence-corrected chi connectivity index (χ2v) is 6.25. The Morgan fingerprint density at radius 3 is 2.50 bits per heavy atom. The van der Waals surface area contributed by atoms with Crippen LogP contribution in [0.15, 0.2) is 4.99 Å². The molecular formula is C13H21N4O2S+. The van der Waals surface area contributed by atoms with Gasteiger partial charge in [-0.15, -0.1) is 0 Å². The molecule has 1 saturated heterocycles. The molecule has 2 aliphatic rings. The van der Waals surface area contributed by atoms with E-state index in [0.29, 0.717) is 11.8 Å². The maximum atomic E-state index is 12.4. The van der Waals surface area contributed by atoms with Crippen LogP contribution in [0, 0.1) is 5.92 Å². The molecule has 1 fully saturated rings. The van der Waals surface area contributed by atoms with Gasteiger partial charge in [0.2, 0.25) is 0 Å². The number of hydrogen-bond donors (Lipinski definition) is 0. The first kappa shape index (κ1) is 15.0. The molecule has 6 nitrogen and oxygen atoms in total. The van der Waals surface area contributed by atoms with Crippen molar-refractivity contribution in [3.63, 3.8) is 0 Å². The van der Waals surface area contributed by atoms with Crippen LogP contribution in [0.25, 0.3) is 0 Å². The third-order valence-corrected chi connectivity index (χ3v) is 4.32. The molecule has 1 atom stereocenters. The van der Waals surface area contributed by atoms with Crippen LogP contribution >= 0.6 is 11.8 Å². The zero-order valence-electron chi connectivity index (χ0n) is 12.6. The summed E-state index contributed by atoms with van der Waals surface area (Å²) in [6.07, 6.45) is 2.92. The van der Waals surface area contributed by atoms with Crippen molar-refractivity contribution in [2.24, 2.45) is 10.9 Å². The zero-order valence-corrected chi connectivity index (χ0v) is 13.4. The van der Waals surface area contributed by atoms with E-state index >= 15 is 0 Å². The first-order valence-corrected chi connectivity index (χ1v) is 7.92.